The molecule has 1 aromatic carbocycles. The number of aromatic hydroxyl groups is 1. The van der Waals surface area contributed by atoms with Crippen LogP contribution >= 0.6 is 0 Å². The largest absolute Gasteiger partial charge is 0.507 e. The smallest absolute Gasteiger partial charge is 0.234 e. The lowest BCUT2D eigenvalue weighted by Gasteiger charge is -2.23. The van der Waals surface area contributed by atoms with Gasteiger partial charge in [0.1, 0.15) is 5.75 Å². The number of hydrogen-bond donors (Lipinski definition) is 2. The molecule has 5 nitrogen and oxygen atoms in total. The SMILES string of the molecule is Cc1cc(-c2noc(C3(C)CCCC3N)n2)cc(C)c1O. The Bertz CT molecular complexity index is 657. The fourth-order valence-corrected chi connectivity index (χ4v) is 3.12. The number of hydrogen-bond acceptors (Lipinski definition) is 5. The number of rotatable bonds is 2. The first-order valence-corrected chi connectivity index (χ1v) is 7.32. The van der Waals surface area contributed by atoms with Gasteiger partial charge in [0, 0.05) is 11.6 Å². The summed E-state index contributed by atoms with van der Waals surface area (Å²) in [4.78, 5) is 4.56. The van der Waals surface area contributed by atoms with E-state index in [1.54, 1.807) is 0 Å². The predicted molar refractivity (Wildman–Crippen MR) is 80.1 cm³/mol. The molecule has 3 N–H and O–H groups in total. The molecule has 1 saturated carbocycles. The van der Waals surface area contributed by atoms with E-state index in [-0.39, 0.29) is 11.5 Å². The lowest BCUT2D eigenvalue weighted by Crippen LogP contribution is -2.38. The molecule has 0 spiro atoms. The second-order valence-corrected chi connectivity index (χ2v) is 6.30. The van der Waals surface area contributed by atoms with Crippen molar-refractivity contribution in [2.75, 3.05) is 0 Å². The van der Waals surface area contributed by atoms with Crippen molar-refractivity contribution in [3.05, 3.63) is 29.2 Å². The van der Waals surface area contributed by atoms with Crippen molar-refractivity contribution in [3.63, 3.8) is 0 Å². The first-order chi connectivity index (χ1) is 9.91. The molecule has 1 aliphatic carbocycles. The number of phenols is 1. The van der Waals surface area contributed by atoms with Gasteiger partial charge in [0.15, 0.2) is 0 Å². The van der Waals surface area contributed by atoms with Gasteiger partial charge in [-0.3, -0.25) is 0 Å². The zero-order chi connectivity index (χ0) is 15.2. The van der Waals surface area contributed by atoms with Crippen molar-refractivity contribution in [2.24, 2.45) is 5.73 Å². The summed E-state index contributed by atoms with van der Waals surface area (Å²) in [7, 11) is 0. The van der Waals surface area contributed by atoms with Gasteiger partial charge in [-0.25, -0.2) is 0 Å². The van der Waals surface area contributed by atoms with Crippen LogP contribution in [0.1, 0.15) is 43.2 Å². The topological polar surface area (TPSA) is 85.2 Å². The third-order valence-corrected chi connectivity index (χ3v) is 4.69. The molecule has 5 heteroatoms. The third-order valence-electron chi connectivity index (χ3n) is 4.69. The highest BCUT2D eigenvalue weighted by Gasteiger charge is 2.42. The first-order valence-electron chi connectivity index (χ1n) is 7.32. The van der Waals surface area contributed by atoms with Gasteiger partial charge in [0.05, 0.1) is 5.41 Å². The summed E-state index contributed by atoms with van der Waals surface area (Å²) in [6.45, 7) is 5.82. The van der Waals surface area contributed by atoms with Gasteiger partial charge in [-0.2, -0.15) is 4.98 Å². The maximum atomic E-state index is 9.85. The Morgan fingerprint density at radius 2 is 2.00 bits per heavy atom. The molecule has 2 atom stereocenters. The highest BCUT2D eigenvalue weighted by molar-refractivity contribution is 5.60. The van der Waals surface area contributed by atoms with Crippen molar-refractivity contribution in [1.82, 2.24) is 10.1 Å². The van der Waals surface area contributed by atoms with Gasteiger partial charge in [-0.1, -0.05) is 11.6 Å². The summed E-state index contributed by atoms with van der Waals surface area (Å²) in [6, 6.07) is 3.80. The minimum Gasteiger partial charge on any atom is -0.507 e. The quantitative estimate of drug-likeness (QED) is 0.887. The summed E-state index contributed by atoms with van der Waals surface area (Å²) in [5.74, 6) is 1.48. The normalized spacial score (nSPS) is 25.4. The van der Waals surface area contributed by atoms with Gasteiger partial charge in [0.25, 0.3) is 0 Å². The van der Waals surface area contributed by atoms with E-state index in [1.807, 2.05) is 26.0 Å². The lowest BCUT2D eigenvalue weighted by molar-refractivity contribution is 0.278. The van der Waals surface area contributed by atoms with Crippen LogP contribution in [0.2, 0.25) is 0 Å². The van der Waals surface area contributed by atoms with Crippen molar-refractivity contribution >= 4 is 0 Å². The van der Waals surface area contributed by atoms with E-state index in [0.29, 0.717) is 17.5 Å². The molecule has 0 bridgehead atoms. The van der Waals surface area contributed by atoms with E-state index >= 15 is 0 Å². The minimum atomic E-state index is -0.230. The number of aromatic nitrogens is 2. The van der Waals surface area contributed by atoms with Crippen LogP contribution in [-0.4, -0.2) is 21.3 Å². The summed E-state index contributed by atoms with van der Waals surface area (Å²) < 4.78 is 5.48. The number of benzene rings is 1. The Kier molecular flexibility index (Phi) is 3.24. The van der Waals surface area contributed by atoms with Gasteiger partial charge in [-0.15, -0.1) is 0 Å². The van der Waals surface area contributed by atoms with E-state index in [9.17, 15) is 5.11 Å². The van der Waals surface area contributed by atoms with E-state index in [4.69, 9.17) is 10.3 Å². The molecule has 1 fully saturated rings. The fourth-order valence-electron chi connectivity index (χ4n) is 3.12. The highest BCUT2D eigenvalue weighted by Crippen LogP contribution is 2.39. The van der Waals surface area contributed by atoms with Crippen LogP contribution in [0.5, 0.6) is 5.75 Å². The standard InChI is InChI=1S/C16H21N3O2/c1-9-7-11(8-10(2)13(9)20)14-18-15(21-19-14)16(3)6-4-5-12(16)17/h7-8,12,20H,4-6,17H2,1-3H3. The van der Waals surface area contributed by atoms with Crippen molar-refractivity contribution in [1.29, 1.82) is 0 Å². The maximum absolute atomic E-state index is 9.85. The molecular weight excluding hydrogens is 266 g/mol. The van der Waals surface area contributed by atoms with Crippen LogP contribution in [0.15, 0.2) is 16.7 Å². The van der Waals surface area contributed by atoms with Crippen LogP contribution in [0.25, 0.3) is 11.4 Å². The van der Waals surface area contributed by atoms with Gasteiger partial charge in [0.2, 0.25) is 11.7 Å². The summed E-state index contributed by atoms with van der Waals surface area (Å²) in [5.41, 5.74) is 8.44. The van der Waals surface area contributed by atoms with Crippen LogP contribution in [0.4, 0.5) is 0 Å². The molecule has 112 valence electrons. The Balaban J connectivity index is 1.99. The van der Waals surface area contributed by atoms with Crippen LogP contribution < -0.4 is 5.73 Å². The molecule has 0 saturated heterocycles. The van der Waals surface area contributed by atoms with E-state index < -0.39 is 0 Å². The number of aryl methyl sites for hydroxylation is 2. The monoisotopic (exact) mass is 287 g/mol. The Hall–Kier alpha value is -1.88. The number of nitrogens with zero attached hydrogens (tertiary/aromatic N) is 2. The molecule has 2 unspecified atom stereocenters. The maximum Gasteiger partial charge on any atom is 0.234 e. The zero-order valence-electron chi connectivity index (χ0n) is 12.7. The highest BCUT2D eigenvalue weighted by atomic mass is 16.5. The van der Waals surface area contributed by atoms with Gasteiger partial charge in [-0.05, 0) is 56.9 Å². The molecule has 1 heterocycles. The molecule has 2 aromatic rings. The van der Waals surface area contributed by atoms with Crippen molar-refractivity contribution in [2.45, 2.75) is 51.5 Å². The summed E-state index contributed by atoms with van der Waals surface area (Å²) >= 11 is 0. The lowest BCUT2D eigenvalue weighted by atomic mass is 9.85. The molecule has 0 amide bonds. The van der Waals surface area contributed by atoms with Gasteiger partial charge >= 0.3 is 0 Å². The molecule has 0 radical (unpaired) electrons. The Morgan fingerprint density at radius 1 is 1.33 bits per heavy atom. The second kappa shape index (κ2) is 4.84. The third kappa shape index (κ3) is 2.21. The number of phenolic OH excluding ortho intramolecular Hbond substituents is 1. The van der Waals surface area contributed by atoms with E-state index in [1.165, 1.54) is 0 Å². The zero-order valence-corrected chi connectivity index (χ0v) is 12.7. The van der Waals surface area contributed by atoms with Crippen molar-refractivity contribution in [3.8, 4) is 17.1 Å². The summed E-state index contributed by atoms with van der Waals surface area (Å²) in [6.07, 6.45) is 3.06. The average Bonchev–Trinajstić information content (AvgIpc) is 3.05. The molecule has 21 heavy (non-hydrogen) atoms. The first kappa shape index (κ1) is 14.1. The molecular formula is C16H21N3O2. The van der Waals surface area contributed by atoms with Crippen molar-refractivity contribution < 1.29 is 9.63 Å². The fraction of sp³-hybridized carbons (Fsp3) is 0.500. The van der Waals surface area contributed by atoms with Crippen LogP contribution in [0, 0.1) is 13.8 Å². The molecule has 1 aromatic heterocycles. The Morgan fingerprint density at radius 3 is 2.57 bits per heavy atom. The van der Waals surface area contributed by atoms with Crippen LogP contribution in [0.3, 0.4) is 0 Å². The summed E-state index contributed by atoms with van der Waals surface area (Å²) in [5, 5.41) is 13.9. The van der Waals surface area contributed by atoms with Gasteiger partial charge < -0.3 is 15.4 Å². The number of nitrogens with two attached hydrogens (primary N) is 1. The second-order valence-electron chi connectivity index (χ2n) is 6.30. The van der Waals surface area contributed by atoms with E-state index in [2.05, 4.69) is 17.1 Å². The minimum absolute atomic E-state index is 0.0640. The molecule has 1 aliphatic rings. The molecule has 3 rings (SSSR count). The predicted octanol–water partition coefficient (Wildman–Crippen LogP) is 2.83. The average molecular weight is 287 g/mol. The van der Waals surface area contributed by atoms with E-state index in [0.717, 1.165) is 36.0 Å². The Labute approximate surface area is 124 Å². The van der Waals surface area contributed by atoms with Crippen LogP contribution in [-0.2, 0) is 5.41 Å². The molecule has 0 aliphatic heterocycles.